The SMILES string of the molecule is O=[N+]([O-])c1ccc2c(CCN3CCCCC3)cn(Cc3ccccc3)c2c1. The van der Waals surface area contributed by atoms with E-state index in [1.807, 2.05) is 24.3 Å². The van der Waals surface area contributed by atoms with Gasteiger partial charge in [-0.1, -0.05) is 36.8 Å². The number of hydrogen-bond donors (Lipinski definition) is 0. The molecule has 140 valence electrons. The quantitative estimate of drug-likeness (QED) is 0.474. The van der Waals surface area contributed by atoms with Gasteiger partial charge in [0, 0.05) is 36.8 Å². The molecule has 3 aromatic rings. The number of hydrogen-bond acceptors (Lipinski definition) is 3. The van der Waals surface area contributed by atoms with Gasteiger partial charge >= 0.3 is 0 Å². The molecule has 1 aliphatic heterocycles. The number of nitro benzene ring substituents is 1. The minimum absolute atomic E-state index is 0.150. The van der Waals surface area contributed by atoms with Crippen LogP contribution in [-0.4, -0.2) is 34.0 Å². The first-order chi connectivity index (χ1) is 13.2. The van der Waals surface area contributed by atoms with Crippen molar-refractivity contribution < 1.29 is 4.92 Å². The molecule has 27 heavy (non-hydrogen) atoms. The second-order valence-electron chi connectivity index (χ2n) is 7.38. The van der Waals surface area contributed by atoms with Crippen LogP contribution in [0.5, 0.6) is 0 Å². The number of non-ortho nitro benzene ring substituents is 1. The maximum Gasteiger partial charge on any atom is 0.271 e. The predicted octanol–water partition coefficient (Wildman–Crippen LogP) is 4.63. The third-order valence-electron chi connectivity index (χ3n) is 5.50. The highest BCUT2D eigenvalue weighted by Gasteiger charge is 2.16. The summed E-state index contributed by atoms with van der Waals surface area (Å²) in [5, 5.41) is 12.4. The number of benzene rings is 2. The van der Waals surface area contributed by atoms with E-state index >= 15 is 0 Å². The zero-order valence-corrected chi connectivity index (χ0v) is 15.5. The number of rotatable bonds is 6. The van der Waals surface area contributed by atoms with Crippen molar-refractivity contribution in [3.63, 3.8) is 0 Å². The van der Waals surface area contributed by atoms with E-state index in [2.05, 4.69) is 27.8 Å². The number of piperidine rings is 1. The Hall–Kier alpha value is -2.66. The van der Waals surface area contributed by atoms with Gasteiger partial charge in [0.15, 0.2) is 0 Å². The Kier molecular flexibility index (Phi) is 5.21. The summed E-state index contributed by atoms with van der Waals surface area (Å²) in [5.74, 6) is 0. The van der Waals surface area contributed by atoms with E-state index < -0.39 is 0 Å². The maximum absolute atomic E-state index is 11.2. The van der Waals surface area contributed by atoms with Crippen molar-refractivity contribution in [1.29, 1.82) is 0 Å². The minimum Gasteiger partial charge on any atom is -0.343 e. The van der Waals surface area contributed by atoms with Gasteiger partial charge in [-0.3, -0.25) is 10.1 Å². The van der Waals surface area contributed by atoms with E-state index in [4.69, 9.17) is 0 Å². The van der Waals surface area contributed by atoms with Crippen LogP contribution in [0.4, 0.5) is 5.69 Å². The summed E-state index contributed by atoms with van der Waals surface area (Å²) in [5.41, 5.74) is 3.57. The highest BCUT2D eigenvalue weighted by atomic mass is 16.6. The molecule has 0 radical (unpaired) electrons. The first kappa shape index (κ1) is 17.7. The Labute approximate surface area is 159 Å². The van der Waals surface area contributed by atoms with Gasteiger partial charge in [0.1, 0.15) is 0 Å². The molecule has 0 saturated carbocycles. The van der Waals surface area contributed by atoms with Crippen molar-refractivity contribution in [2.75, 3.05) is 19.6 Å². The fourth-order valence-electron chi connectivity index (χ4n) is 4.04. The van der Waals surface area contributed by atoms with Gasteiger partial charge in [-0.2, -0.15) is 0 Å². The molecule has 2 aromatic carbocycles. The van der Waals surface area contributed by atoms with Crippen molar-refractivity contribution in [2.24, 2.45) is 0 Å². The summed E-state index contributed by atoms with van der Waals surface area (Å²) in [7, 11) is 0. The molecule has 2 heterocycles. The van der Waals surface area contributed by atoms with Crippen LogP contribution in [0.2, 0.25) is 0 Å². The van der Waals surface area contributed by atoms with Gasteiger partial charge in [-0.05, 0) is 49.5 Å². The predicted molar refractivity (Wildman–Crippen MR) is 108 cm³/mol. The van der Waals surface area contributed by atoms with Crippen molar-refractivity contribution >= 4 is 16.6 Å². The second-order valence-corrected chi connectivity index (χ2v) is 7.38. The van der Waals surface area contributed by atoms with Gasteiger partial charge in [0.25, 0.3) is 5.69 Å². The fourth-order valence-corrected chi connectivity index (χ4v) is 4.04. The van der Waals surface area contributed by atoms with E-state index in [-0.39, 0.29) is 10.6 Å². The molecule has 0 atom stereocenters. The van der Waals surface area contributed by atoms with Crippen LogP contribution < -0.4 is 0 Å². The number of nitro groups is 1. The Balaban J connectivity index is 1.65. The first-order valence-corrected chi connectivity index (χ1v) is 9.73. The van der Waals surface area contributed by atoms with E-state index in [1.165, 1.54) is 43.5 Å². The number of nitrogens with zero attached hydrogens (tertiary/aromatic N) is 3. The molecule has 1 saturated heterocycles. The molecule has 0 unspecified atom stereocenters. The van der Waals surface area contributed by atoms with Gasteiger partial charge < -0.3 is 9.47 Å². The van der Waals surface area contributed by atoms with Crippen LogP contribution in [0.15, 0.2) is 54.7 Å². The highest BCUT2D eigenvalue weighted by molar-refractivity contribution is 5.86. The van der Waals surface area contributed by atoms with Crippen LogP contribution in [0.1, 0.15) is 30.4 Å². The van der Waals surface area contributed by atoms with E-state index in [0.717, 1.165) is 30.4 Å². The van der Waals surface area contributed by atoms with Gasteiger partial charge in [0.2, 0.25) is 0 Å². The molecule has 5 nitrogen and oxygen atoms in total. The van der Waals surface area contributed by atoms with Gasteiger partial charge in [-0.15, -0.1) is 0 Å². The van der Waals surface area contributed by atoms with E-state index in [1.54, 1.807) is 12.1 Å². The molecular weight excluding hydrogens is 338 g/mol. The van der Waals surface area contributed by atoms with E-state index in [0.29, 0.717) is 0 Å². The van der Waals surface area contributed by atoms with Crippen LogP contribution >= 0.6 is 0 Å². The maximum atomic E-state index is 11.2. The second kappa shape index (κ2) is 7.92. The lowest BCUT2D eigenvalue weighted by Gasteiger charge is -2.26. The number of fused-ring (bicyclic) bond motifs is 1. The average Bonchev–Trinajstić information content (AvgIpc) is 3.05. The molecule has 0 N–H and O–H groups in total. The lowest BCUT2D eigenvalue weighted by atomic mass is 10.1. The highest BCUT2D eigenvalue weighted by Crippen LogP contribution is 2.27. The van der Waals surface area contributed by atoms with Crippen molar-refractivity contribution in [1.82, 2.24) is 9.47 Å². The Morgan fingerprint density at radius 2 is 1.78 bits per heavy atom. The van der Waals surface area contributed by atoms with Crippen molar-refractivity contribution in [2.45, 2.75) is 32.2 Å². The molecule has 1 aromatic heterocycles. The normalized spacial score (nSPS) is 15.3. The van der Waals surface area contributed by atoms with Crippen LogP contribution in [-0.2, 0) is 13.0 Å². The van der Waals surface area contributed by atoms with E-state index in [9.17, 15) is 10.1 Å². The van der Waals surface area contributed by atoms with Crippen molar-refractivity contribution in [3.8, 4) is 0 Å². The Morgan fingerprint density at radius 1 is 1.00 bits per heavy atom. The summed E-state index contributed by atoms with van der Waals surface area (Å²) in [6, 6.07) is 15.5. The fraction of sp³-hybridized carbons (Fsp3) is 0.364. The van der Waals surface area contributed by atoms with Gasteiger partial charge in [-0.25, -0.2) is 0 Å². The zero-order valence-electron chi connectivity index (χ0n) is 15.5. The van der Waals surface area contributed by atoms with Crippen LogP contribution in [0.25, 0.3) is 10.9 Å². The molecule has 0 bridgehead atoms. The monoisotopic (exact) mass is 363 g/mol. The lowest BCUT2D eigenvalue weighted by Crippen LogP contribution is -2.31. The largest absolute Gasteiger partial charge is 0.343 e. The standard InChI is InChI=1S/C22H25N3O2/c26-25(27)20-9-10-21-19(11-14-23-12-5-2-6-13-23)17-24(22(21)15-20)16-18-7-3-1-4-8-18/h1,3-4,7-10,15,17H,2,5-6,11-14,16H2. The average molecular weight is 363 g/mol. The van der Waals surface area contributed by atoms with Crippen LogP contribution in [0, 0.1) is 10.1 Å². The molecular formula is C22H25N3O2. The summed E-state index contributed by atoms with van der Waals surface area (Å²) < 4.78 is 2.16. The van der Waals surface area contributed by atoms with Crippen molar-refractivity contribution in [3.05, 3.63) is 76.0 Å². The molecule has 0 amide bonds. The summed E-state index contributed by atoms with van der Waals surface area (Å²) >= 11 is 0. The molecule has 5 heteroatoms. The third kappa shape index (κ3) is 4.03. The molecule has 1 aliphatic rings. The first-order valence-electron chi connectivity index (χ1n) is 9.73. The topological polar surface area (TPSA) is 51.3 Å². The summed E-state index contributed by atoms with van der Waals surface area (Å²) in [6.45, 7) is 4.16. The molecule has 1 fully saturated rings. The lowest BCUT2D eigenvalue weighted by molar-refractivity contribution is -0.384. The molecule has 0 aliphatic carbocycles. The Bertz CT molecular complexity index is 927. The smallest absolute Gasteiger partial charge is 0.271 e. The number of aromatic nitrogens is 1. The minimum atomic E-state index is -0.313. The third-order valence-corrected chi connectivity index (χ3v) is 5.50. The zero-order chi connectivity index (χ0) is 18.6. The molecule has 4 rings (SSSR count). The summed E-state index contributed by atoms with van der Waals surface area (Å²) in [4.78, 5) is 13.5. The summed E-state index contributed by atoms with van der Waals surface area (Å²) in [6.07, 6.45) is 7.10. The Morgan fingerprint density at radius 3 is 2.52 bits per heavy atom. The van der Waals surface area contributed by atoms with Crippen LogP contribution in [0.3, 0.4) is 0 Å². The van der Waals surface area contributed by atoms with Gasteiger partial charge in [0.05, 0.1) is 10.4 Å². The number of likely N-dealkylation sites (tertiary alicyclic amines) is 1. The molecule has 0 spiro atoms.